The minimum Gasteiger partial charge on any atom is -0.307 e. The summed E-state index contributed by atoms with van der Waals surface area (Å²) in [5.74, 6) is 0. The summed E-state index contributed by atoms with van der Waals surface area (Å²) >= 11 is 52.3. The van der Waals surface area contributed by atoms with E-state index in [2.05, 4.69) is 0 Å². The Morgan fingerprint density at radius 2 is 0.700 bits per heavy atom. The standard InChI is InChI=1S/C30H16Cl8N2/c31-17-7-13-27(25(37)15-17)39(28-14-8-18(32)16-26(28)38)19-9-11-20(12-10-19)40(29-21(33)3-1-4-22(29)34)30-23(35)5-2-6-24(30)36/h1-16H. The van der Waals surface area contributed by atoms with Crippen LogP contribution in [0, 0.1) is 0 Å². The molecule has 0 aliphatic carbocycles. The largest absolute Gasteiger partial charge is 0.307 e. The lowest BCUT2D eigenvalue weighted by molar-refractivity contribution is 1.26. The Bertz CT molecular complexity index is 1560. The van der Waals surface area contributed by atoms with E-state index in [1.807, 2.05) is 46.2 Å². The van der Waals surface area contributed by atoms with Gasteiger partial charge in [-0.05, 0) is 84.9 Å². The van der Waals surface area contributed by atoms with E-state index < -0.39 is 0 Å². The van der Waals surface area contributed by atoms with E-state index in [4.69, 9.17) is 92.8 Å². The number of rotatable bonds is 6. The summed E-state index contributed by atoms with van der Waals surface area (Å²) in [5, 5.41) is 3.60. The molecule has 0 heterocycles. The van der Waals surface area contributed by atoms with Crippen molar-refractivity contribution < 1.29 is 0 Å². The average Bonchev–Trinajstić information content (AvgIpc) is 2.90. The predicted octanol–water partition coefficient (Wildman–Crippen LogP) is 13.9. The van der Waals surface area contributed by atoms with Crippen molar-refractivity contribution in [3.05, 3.63) is 137 Å². The SMILES string of the molecule is Clc1ccc(N(c2ccc(N(c3c(Cl)cccc3Cl)c3c(Cl)cccc3Cl)cc2)c2ccc(Cl)cc2Cl)c(Cl)c1. The van der Waals surface area contributed by atoms with Gasteiger partial charge < -0.3 is 9.80 Å². The Labute approximate surface area is 272 Å². The minimum absolute atomic E-state index is 0.426. The number of halogens is 8. The molecule has 0 aliphatic rings. The van der Waals surface area contributed by atoms with Gasteiger partial charge in [0, 0.05) is 21.4 Å². The molecule has 10 heteroatoms. The highest BCUT2D eigenvalue weighted by Crippen LogP contribution is 2.49. The Kier molecular flexibility index (Phi) is 9.21. The smallest absolute Gasteiger partial charge is 0.0836 e. The van der Waals surface area contributed by atoms with Crippen molar-refractivity contribution in [2.75, 3.05) is 9.80 Å². The molecule has 0 aromatic heterocycles. The van der Waals surface area contributed by atoms with Gasteiger partial charge in [-0.2, -0.15) is 0 Å². The van der Waals surface area contributed by atoms with Gasteiger partial charge in [0.25, 0.3) is 0 Å². The molecule has 0 unspecified atom stereocenters. The molecule has 0 saturated heterocycles. The van der Waals surface area contributed by atoms with Crippen molar-refractivity contribution in [3.8, 4) is 0 Å². The maximum Gasteiger partial charge on any atom is 0.0836 e. The number of para-hydroxylation sites is 2. The first-order valence-corrected chi connectivity index (χ1v) is 14.7. The minimum atomic E-state index is 0.426. The molecule has 0 N–H and O–H groups in total. The summed E-state index contributed by atoms with van der Waals surface area (Å²) in [5.41, 5.74) is 3.87. The first kappa shape index (κ1) is 29.5. The Hall–Kier alpha value is -1.98. The van der Waals surface area contributed by atoms with Crippen LogP contribution in [0.25, 0.3) is 0 Å². The zero-order chi connectivity index (χ0) is 28.6. The molecule has 5 rings (SSSR count). The van der Waals surface area contributed by atoms with Crippen molar-refractivity contribution in [2.45, 2.75) is 0 Å². The zero-order valence-electron chi connectivity index (χ0n) is 20.2. The molecule has 5 aromatic rings. The van der Waals surface area contributed by atoms with Crippen LogP contribution < -0.4 is 9.80 Å². The second kappa shape index (κ2) is 12.5. The number of hydrogen-bond donors (Lipinski definition) is 0. The van der Waals surface area contributed by atoms with Crippen LogP contribution >= 0.6 is 92.8 Å². The monoisotopic (exact) mass is 684 g/mol. The van der Waals surface area contributed by atoms with Crippen LogP contribution in [0.15, 0.2) is 97.1 Å². The normalized spacial score (nSPS) is 11.0. The van der Waals surface area contributed by atoms with Gasteiger partial charge in [0.1, 0.15) is 0 Å². The lowest BCUT2D eigenvalue weighted by atomic mass is 10.1. The molecule has 0 atom stereocenters. The van der Waals surface area contributed by atoms with Gasteiger partial charge >= 0.3 is 0 Å². The van der Waals surface area contributed by atoms with E-state index in [1.165, 1.54) is 0 Å². The van der Waals surface area contributed by atoms with Crippen LogP contribution in [0.2, 0.25) is 40.2 Å². The third-order valence-electron chi connectivity index (χ3n) is 5.99. The van der Waals surface area contributed by atoms with Gasteiger partial charge in [-0.25, -0.2) is 0 Å². The fourth-order valence-corrected chi connectivity index (χ4v) is 6.38. The summed E-state index contributed by atoms with van der Waals surface area (Å²) < 4.78 is 0. The summed E-state index contributed by atoms with van der Waals surface area (Å²) in [7, 11) is 0. The third-order valence-corrected chi connectivity index (χ3v) is 8.29. The molecule has 40 heavy (non-hydrogen) atoms. The van der Waals surface area contributed by atoms with E-state index >= 15 is 0 Å². The highest BCUT2D eigenvalue weighted by Gasteiger charge is 2.24. The van der Waals surface area contributed by atoms with Gasteiger partial charge in [0.05, 0.1) is 52.9 Å². The molecule has 0 fully saturated rings. The van der Waals surface area contributed by atoms with E-state index in [9.17, 15) is 0 Å². The van der Waals surface area contributed by atoms with Crippen molar-refractivity contribution >= 4 is 127 Å². The Morgan fingerprint density at radius 3 is 1.05 bits per heavy atom. The lowest BCUT2D eigenvalue weighted by Gasteiger charge is -2.30. The maximum absolute atomic E-state index is 6.66. The van der Waals surface area contributed by atoms with Crippen LogP contribution in [0.4, 0.5) is 34.1 Å². The Morgan fingerprint density at radius 1 is 0.350 bits per heavy atom. The molecule has 0 bridgehead atoms. The van der Waals surface area contributed by atoms with Gasteiger partial charge in [0.15, 0.2) is 0 Å². The second-order valence-corrected chi connectivity index (χ2v) is 11.8. The number of anilines is 6. The van der Waals surface area contributed by atoms with Gasteiger partial charge in [-0.3, -0.25) is 0 Å². The van der Waals surface area contributed by atoms with Crippen molar-refractivity contribution in [2.24, 2.45) is 0 Å². The number of benzene rings is 5. The highest BCUT2D eigenvalue weighted by atomic mass is 35.5. The fourth-order valence-electron chi connectivity index (χ4n) is 4.26. The Balaban J connectivity index is 1.69. The van der Waals surface area contributed by atoms with Gasteiger partial charge in [0.2, 0.25) is 0 Å². The zero-order valence-corrected chi connectivity index (χ0v) is 26.2. The number of hydrogen-bond acceptors (Lipinski definition) is 2. The van der Waals surface area contributed by atoms with Crippen molar-refractivity contribution in [1.29, 1.82) is 0 Å². The summed E-state index contributed by atoms with van der Waals surface area (Å²) in [6, 6.07) is 28.7. The van der Waals surface area contributed by atoms with Crippen LogP contribution in [-0.4, -0.2) is 0 Å². The van der Waals surface area contributed by atoms with E-state index in [0.29, 0.717) is 68.6 Å². The second-order valence-electron chi connectivity index (χ2n) is 8.52. The molecule has 0 radical (unpaired) electrons. The molecule has 202 valence electrons. The molecule has 0 aliphatic heterocycles. The number of nitrogens with zero attached hydrogens (tertiary/aromatic N) is 2. The van der Waals surface area contributed by atoms with Crippen LogP contribution in [0.3, 0.4) is 0 Å². The molecule has 5 aromatic carbocycles. The van der Waals surface area contributed by atoms with Crippen LogP contribution in [-0.2, 0) is 0 Å². The van der Waals surface area contributed by atoms with E-state index in [-0.39, 0.29) is 0 Å². The summed E-state index contributed by atoms with van der Waals surface area (Å²) in [6.07, 6.45) is 0. The van der Waals surface area contributed by atoms with E-state index in [1.54, 1.807) is 60.7 Å². The average molecular weight is 688 g/mol. The fraction of sp³-hybridized carbons (Fsp3) is 0. The van der Waals surface area contributed by atoms with Crippen LogP contribution in [0.5, 0.6) is 0 Å². The first-order valence-electron chi connectivity index (χ1n) is 11.6. The molecule has 2 nitrogen and oxygen atoms in total. The molecular weight excluding hydrogens is 672 g/mol. The molecule has 0 amide bonds. The lowest BCUT2D eigenvalue weighted by Crippen LogP contribution is -2.14. The maximum atomic E-state index is 6.66. The quantitative estimate of drug-likeness (QED) is 0.175. The van der Waals surface area contributed by atoms with Gasteiger partial charge in [-0.1, -0.05) is 105 Å². The summed E-state index contributed by atoms with van der Waals surface area (Å²) in [6.45, 7) is 0. The van der Waals surface area contributed by atoms with Crippen molar-refractivity contribution in [3.63, 3.8) is 0 Å². The van der Waals surface area contributed by atoms with E-state index in [0.717, 1.165) is 5.69 Å². The highest BCUT2D eigenvalue weighted by molar-refractivity contribution is 6.42. The first-order chi connectivity index (χ1) is 19.2. The third kappa shape index (κ3) is 5.97. The summed E-state index contributed by atoms with van der Waals surface area (Å²) in [4.78, 5) is 3.74. The molecule has 0 saturated carbocycles. The molecule has 0 spiro atoms. The van der Waals surface area contributed by atoms with Crippen LogP contribution in [0.1, 0.15) is 0 Å². The van der Waals surface area contributed by atoms with Crippen molar-refractivity contribution in [1.82, 2.24) is 0 Å². The van der Waals surface area contributed by atoms with Gasteiger partial charge in [-0.15, -0.1) is 0 Å². The molecular formula is C30H16Cl8N2. The predicted molar refractivity (Wildman–Crippen MR) is 176 cm³/mol. The topological polar surface area (TPSA) is 6.48 Å².